The first kappa shape index (κ1) is 19.4. The summed E-state index contributed by atoms with van der Waals surface area (Å²) < 4.78 is 5.31. The quantitative estimate of drug-likeness (QED) is 0.511. The molecule has 18 heavy (non-hydrogen) atoms. The van der Waals surface area contributed by atoms with Crippen LogP contribution in [0.25, 0.3) is 0 Å². The first-order valence-electron chi connectivity index (χ1n) is 7.15. The Morgan fingerprint density at radius 1 is 1.11 bits per heavy atom. The van der Waals surface area contributed by atoms with E-state index in [2.05, 4.69) is 18.5 Å². The van der Waals surface area contributed by atoms with Crippen LogP contribution in [0.1, 0.15) is 54.4 Å². The van der Waals surface area contributed by atoms with E-state index in [0.29, 0.717) is 5.92 Å². The lowest BCUT2D eigenvalue weighted by atomic mass is 9.96. The first-order valence-corrected chi connectivity index (χ1v) is 7.15. The number of ether oxygens (including phenoxy) is 1. The Morgan fingerprint density at radius 2 is 1.61 bits per heavy atom. The second kappa shape index (κ2) is 14.2. The molecule has 2 nitrogen and oxygen atoms in total. The summed E-state index contributed by atoms with van der Waals surface area (Å²) in [5.74, 6) is 0.609. The van der Waals surface area contributed by atoms with Crippen molar-refractivity contribution >= 4 is 5.71 Å². The van der Waals surface area contributed by atoms with Crippen LogP contribution in [0, 0.1) is 5.92 Å². The molecule has 1 saturated heterocycles. The number of allylic oxidation sites excluding steroid dienone is 2. The molecule has 2 heteroatoms. The van der Waals surface area contributed by atoms with Gasteiger partial charge in [-0.2, -0.15) is 0 Å². The van der Waals surface area contributed by atoms with Gasteiger partial charge in [-0.15, -0.1) is 0 Å². The number of aliphatic imine (C=N–C) groups is 1. The molecule has 1 aliphatic heterocycles. The molecule has 0 aromatic rings. The highest BCUT2D eigenvalue weighted by atomic mass is 16.5. The summed E-state index contributed by atoms with van der Waals surface area (Å²) in [4.78, 5) is 4.45. The summed E-state index contributed by atoms with van der Waals surface area (Å²) in [5.41, 5.74) is 2.32. The van der Waals surface area contributed by atoms with Gasteiger partial charge in [-0.25, -0.2) is 0 Å². The van der Waals surface area contributed by atoms with E-state index >= 15 is 0 Å². The van der Waals surface area contributed by atoms with Gasteiger partial charge >= 0.3 is 0 Å². The zero-order chi connectivity index (χ0) is 14.4. The van der Waals surface area contributed by atoms with Crippen LogP contribution in [0.15, 0.2) is 29.4 Å². The highest BCUT2D eigenvalue weighted by molar-refractivity contribution is 5.85. The SMILES string of the molecule is C=C/C(C)=C\N=C(C)C1CCOCC1.CC.CC. The average Bonchev–Trinajstić information content (AvgIpc) is 2.49. The average molecular weight is 253 g/mol. The number of rotatable bonds is 3. The van der Waals surface area contributed by atoms with Gasteiger partial charge in [0.25, 0.3) is 0 Å². The highest BCUT2D eigenvalue weighted by Crippen LogP contribution is 2.16. The molecule has 0 aliphatic carbocycles. The molecule has 0 radical (unpaired) electrons. The van der Waals surface area contributed by atoms with Crippen molar-refractivity contribution < 1.29 is 4.74 Å². The van der Waals surface area contributed by atoms with E-state index in [1.807, 2.05) is 46.9 Å². The van der Waals surface area contributed by atoms with Crippen LogP contribution < -0.4 is 0 Å². The van der Waals surface area contributed by atoms with E-state index in [1.54, 1.807) is 0 Å². The lowest BCUT2D eigenvalue weighted by molar-refractivity contribution is 0.0827. The molecule has 1 fully saturated rings. The maximum absolute atomic E-state index is 5.31. The fourth-order valence-electron chi connectivity index (χ4n) is 1.48. The number of hydrogen-bond acceptors (Lipinski definition) is 2. The van der Waals surface area contributed by atoms with Crippen LogP contribution in [0.2, 0.25) is 0 Å². The maximum atomic E-state index is 5.31. The van der Waals surface area contributed by atoms with Crippen molar-refractivity contribution in [1.29, 1.82) is 0 Å². The molecule has 0 aromatic carbocycles. The normalized spacial score (nSPS) is 17.0. The summed E-state index contributed by atoms with van der Waals surface area (Å²) >= 11 is 0. The zero-order valence-corrected chi connectivity index (χ0v) is 13.1. The van der Waals surface area contributed by atoms with E-state index in [1.165, 1.54) is 5.71 Å². The monoisotopic (exact) mass is 253 g/mol. The van der Waals surface area contributed by atoms with Crippen molar-refractivity contribution in [3.05, 3.63) is 24.4 Å². The lowest BCUT2D eigenvalue weighted by Gasteiger charge is -2.21. The van der Waals surface area contributed by atoms with Crippen molar-refractivity contribution in [2.24, 2.45) is 10.9 Å². The standard InChI is InChI=1S/C12H19NO.2C2H6/c1-4-10(2)9-13-11(3)12-5-7-14-8-6-12;2*1-2/h4,9,12H,1,5-8H2,2-3H3;2*1-2H3/b10-9-,13-11?;;. The first-order chi connectivity index (χ1) is 8.74. The third-order valence-corrected chi connectivity index (χ3v) is 2.61. The van der Waals surface area contributed by atoms with Crippen LogP contribution >= 0.6 is 0 Å². The minimum absolute atomic E-state index is 0.609. The van der Waals surface area contributed by atoms with Crippen molar-refractivity contribution in [1.82, 2.24) is 0 Å². The molecule has 0 amide bonds. The molecule has 1 aliphatic rings. The van der Waals surface area contributed by atoms with Crippen molar-refractivity contribution in [2.75, 3.05) is 13.2 Å². The fourth-order valence-corrected chi connectivity index (χ4v) is 1.48. The summed E-state index contributed by atoms with van der Waals surface area (Å²) in [7, 11) is 0. The number of hydrogen-bond donors (Lipinski definition) is 0. The summed E-state index contributed by atoms with van der Waals surface area (Å²) in [6.07, 6.45) is 5.92. The third kappa shape index (κ3) is 9.17. The minimum atomic E-state index is 0.609. The van der Waals surface area contributed by atoms with Crippen molar-refractivity contribution in [2.45, 2.75) is 54.4 Å². The van der Waals surface area contributed by atoms with E-state index < -0.39 is 0 Å². The third-order valence-electron chi connectivity index (χ3n) is 2.61. The van der Waals surface area contributed by atoms with E-state index in [0.717, 1.165) is 31.6 Å². The van der Waals surface area contributed by atoms with Gasteiger partial charge in [0.05, 0.1) is 0 Å². The van der Waals surface area contributed by atoms with E-state index in [-0.39, 0.29) is 0 Å². The van der Waals surface area contributed by atoms with Crippen LogP contribution in [-0.4, -0.2) is 18.9 Å². The molecular weight excluding hydrogens is 222 g/mol. The van der Waals surface area contributed by atoms with Gasteiger partial charge in [0, 0.05) is 31.0 Å². The van der Waals surface area contributed by atoms with Gasteiger partial charge in [-0.05, 0) is 32.3 Å². The molecule has 0 aromatic heterocycles. The molecular formula is C16H31NO. The largest absolute Gasteiger partial charge is 0.381 e. The van der Waals surface area contributed by atoms with Crippen LogP contribution in [0.4, 0.5) is 0 Å². The van der Waals surface area contributed by atoms with Crippen LogP contribution in [-0.2, 0) is 4.74 Å². The lowest BCUT2D eigenvalue weighted by Crippen LogP contribution is -2.21. The molecule has 0 unspecified atom stereocenters. The Labute approximate surface area is 114 Å². The fraction of sp³-hybridized carbons (Fsp3) is 0.688. The number of nitrogens with zero attached hydrogens (tertiary/aromatic N) is 1. The Bertz CT molecular complexity index is 248. The predicted octanol–water partition coefficient (Wildman–Crippen LogP) is 5.02. The molecule has 1 heterocycles. The van der Waals surface area contributed by atoms with Gasteiger partial charge in [0.1, 0.15) is 0 Å². The predicted molar refractivity (Wildman–Crippen MR) is 83.3 cm³/mol. The van der Waals surface area contributed by atoms with Gasteiger partial charge in [0.15, 0.2) is 0 Å². The summed E-state index contributed by atoms with van der Waals surface area (Å²) in [5, 5.41) is 0. The van der Waals surface area contributed by atoms with Crippen LogP contribution in [0.5, 0.6) is 0 Å². The smallest absolute Gasteiger partial charge is 0.0472 e. The molecule has 0 saturated carbocycles. The van der Waals surface area contributed by atoms with E-state index in [9.17, 15) is 0 Å². The van der Waals surface area contributed by atoms with E-state index in [4.69, 9.17) is 4.74 Å². The minimum Gasteiger partial charge on any atom is -0.381 e. The van der Waals surface area contributed by atoms with Crippen LogP contribution in [0.3, 0.4) is 0 Å². The maximum Gasteiger partial charge on any atom is 0.0472 e. The molecule has 1 rings (SSSR count). The topological polar surface area (TPSA) is 21.6 Å². The van der Waals surface area contributed by atoms with Gasteiger partial charge in [0.2, 0.25) is 0 Å². The second-order valence-electron chi connectivity index (χ2n) is 3.73. The zero-order valence-electron chi connectivity index (χ0n) is 13.1. The molecule has 0 N–H and O–H groups in total. The summed E-state index contributed by atoms with van der Waals surface area (Å²) in [6, 6.07) is 0. The Hall–Kier alpha value is -0.890. The Kier molecular flexibility index (Phi) is 15.3. The molecule has 0 atom stereocenters. The van der Waals surface area contributed by atoms with Gasteiger partial charge in [-0.1, -0.05) is 40.3 Å². The molecule has 106 valence electrons. The Morgan fingerprint density at radius 3 is 2.06 bits per heavy atom. The molecule has 0 spiro atoms. The van der Waals surface area contributed by atoms with Crippen molar-refractivity contribution in [3.8, 4) is 0 Å². The highest BCUT2D eigenvalue weighted by Gasteiger charge is 2.15. The van der Waals surface area contributed by atoms with Crippen molar-refractivity contribution in [3.63, 3.8) is 0 Å². The van der Waals surface area contributed by atoms with Gasteiger partial charge in [-0.3, -0.25) is 4.99 Å². The second-order valence-corrected chi connectivity index (χ2v) is 3.73. The van der Waals surface area contributed by atoms with Gasteiger partial charge < -0.3 is 4.74 Å². The Balaban J connectivity index is 0. The summed E-state index contributed by atoms with van der Waals surface area (Å²) in [6.45, 7) is 17.6. The molecule has 0 bridgehead atoms.